The largest absolute Gasteiger partial charge is 0.497 e. The third kappa shape index (κ3) is 4.86. The molecular weight excluding hydrogens is 430 g/mol. The number of ketones is 1. The molecule has 1 unspecified atom stereocenters. The molecule has 1 aliphatic heterocycles. The number of aryl methyl sites for hydroxylation is 2. The topological polar surface area (TPSA) is 81.7 Å². The van der Waals surface area contributed by atoms with Gasteiger partial charge in [0.15, 0.2) is 5.78 Å². The molecule has 0 aromatic heterocycles. The van der Waals surface area contributed by atoms with Crippen LogP contribution >= 0.6 is 0 Å². The van der Waals surface area contributed by atoms with Crippen molar-refractivity contribution in [3.05, 3.63) is 99.6 Å². The fraction of sp³-hybridized carbons (Fsp3) is 0.250. The fourth-order valence-corrected chi connectivity index (χ4v) is 4.28. The van der Waals surface area contributed by atoms with Crippen molar-refractivity contribution in [2.75, 3.05) is 7.11 Å². The van der Waals surface area contributed by atoms with Crippen LogP contribution in [0, 0.1) is 6.92 Å². The van der Waals surface area contributed by atoms with Gasteiger partial charge in [-0.15, -0.1) is 0 Å². The van der Waals surface area contributed by atoms with Crippen LogP contribution in [-0.2, 0) is 22.4 Å². The summed E-state index contributed by atoms with van der Waals surface area (Å²) in [7, 11) is 1.61. The van der Waals surface area contributed by atoms with E-state index in [4.69, 9.17) is 9.47 Å². The monoisotopic (exact) mass is 457 g/mol. The molecule has 1 atom stereocenters. The minimum absolute atomic E-state index is 0.0138. The number of imide groups is 1. The van der Waals surface area contributed by atoms with E-state index >= 15 is 0 Å². The van der Waals surface area contributed by atoms with Gasteiger partial charge in [-0.05, 0) is 66.3 Å². The van der Waals surface area contributed by atoms with Gasteiger partial charge in [0.05, 0.1) is 7.11 Å². The minimum Gasteiger partial charge on any atom is -0.497 e. The van der Waals surface area contributed by atoms with Crippen molar-refractivity contribution in [1.82, 2.24) is 5.32 Å². The Balaban J connectivity index is 1.60. The first-order chi connectivity index (χ1) is 16.4. The Morgan fingerprint density at radius 2 is 1.85 bits per heavy atom. The van der Waals surface area contributed by atoms with Crippen LogP contribution in [0.4, 0.5) is 4.79 Å². The number of methoxy groups -OCH3 is 1. The van der Waals surface area contributed by atoms with Gasteiger partial charge in [0.1, 0.15) is 5.75 Å². The number of rotatable bonds is 8. The summed E-state index contributed by atoms with van der Waals surface area (Å²) in [6, 6.07) is 18.8. The molecule has 0 radical (unpaired) electrons. The van der Waals surface area contributed by atoms with E-state index in [9.17, 15) is 14.4 Å². The molecule has 6 heteroatoms. The van der Waals surface area contributed by atoms with Crippen molar-refractivity contribution < 1.29 is 23.9 Å². The van der Waals surface area contributed by atoms with Crippen LogP contribution in [-0.4, -0.2) is 24.9 Å². The molecule has 0 aliphatic carbocycles. The van der Waals surface area contributed by atoms with Gasteiger partial charge in [-0.2, -0.15) is 0 Å². The highest BCUT2D eigenvalue weighted by molar-refractivity contribution is 6.10. The highest BCUT2D eigenvalue weighted by Crippen LogP contribution is 2.26. The predicted molar refractivity (Wildman–Crippen MR) is 128 cm³/mol. The van der Waals surface area contributed by atoms with Crippen molar-refractivity contribution in [3.63, 3.8) is 0 Å². The second-order valence-corrected chi connectivity index (χ2v) is 8.44. The van der Waals surface area contributed by atoms with Gasteiger partial charge in [-0.25, -0.2) is 4.79 Å². The van der Waals surface area contributed by atoms with Gasteiger partial charge >= 0.3 is 6.09 Å². The van der Waals surface area contributed by atoms with E-state index in [0.29, 0.717) is 23.1 Å². The van der Waals surface area contributed by atoms with E-state index in [1.165, 1.54) is 0 Å². The predicted octanol–water partition coefficient (Wildman–Crippen LogP) is 5.09. The van der Waals surface area contributed by atoms with Gasteiger partial charge in [-0.3, -0.25) is 14.9 Å². The number of cyclic esters (lactones) is 1. The lowest BCUT2D eigenvalue weighted by Crippen LogP contribution is -2.20. The van der Waals surface area contributed by atoms with E-state index in [1.807, 2.05) is 49.4 Å². The first kappa shape index (κ1) is 23.2. The van der Waals surface area contributed by atoms with Crippen LogP contribution in [0.3, 0.4) is 0 Å². The standard InChI is InChI=1S/C28H27NO5/c1-4-6-19-16-21(25(30)24-12-11-23(33-3)13-17(24)2)10-9-20(19)14-18-7-5-8-22(15-18)26-27(31)29-28(32)34-26/h5,7-13,15-16,26H,4,6,14H2,1-3H3,(H,29,31,32). The number of ether oxygens (including phenoxy) is 2. The van der Waals surface area contributed by atoms with Crippen molar-refractivity contribution in [2.24, 2.45) is 0 Å². The molecule has 174 valence electrons. The summed E-state index contributed by atoms with van der Waals surface area (Å²) < 4.78 is 10.3. The molecule has 1 aliphatic rings. The molecule has 34 heavy (non-hydrogen) atoms. The summed E-state index contributed by atoms with van der Waals surface area (Å²) in [6.45, 7) is 4.02. The van der Waals surface area contributed by atoms with Crippen LogP contribution in [0.15, 0.2) is 60.7 Å². The molecule has 2 amide bonds. The van der Waals surface area contributed by atoms with Crippen LogP contribution in [0.25, 0.3) is 0 Å². The average Bonchev–Trinajstić information content (AvgIpc) is 3.17. The zero-order valence-corrected chi connectivity index (χ0v) is 19.5. The van der Waals surface area contributed by atoms with E-state index in [0.717, 1.165) is 40.8 Å². The quantitative estimate of drug-likeness (QED) is 0.477. The summed E-state index contributed by atoms with van der Waals surface area (Å²) in [4.78, 5) is 36.6. The molecule has 1 saturated heterocycles. The van der Waals surface area contributed by atoms with Crippen LogP contribution in [0.5, 0.6) is 5.75 Å². The van der Waals surface area contributed by atoms with Crippen molar-refractivity contribution in [3.8, 4) is 5.75 Å². The van der Waals surface area contributed by atoms with E-state index < -0.39 is 18.1 Å². The smallest absolute Gasteiger partial charge is 0.415 e. The summed E-state index contributed by atoms with van der Waals surface area (Å²) in [5.41, 5.74) is 6.07. The highest BCUT2D eigenvalue weighted by Gasteiger charge is 2.33. The lowest BCUT2D eigenvalue weighted by atomic mass is 9.91. The Bertz CT molecular complexity index is 1260. The van der Waals surface area contributed by atoms with Crippen LogP contribution in [0.1, 0.15) is 63.2 Å². The zero-order valence-electron chi connectivity index (χ0n) is 19.5. The third-order valence-electron chi connectivity index (χ3n) is 6.00. The molecule has 1 N–H and O–H groups in total. The molecular formula is C28H27NO5. The molecule has 4 rings (SSSR count). The molecule has 6 nitrogen and oxygen atoms in total. The van der Waals surface area contributed by atoms with Crippen molar-refractivity contribution >= 4 is 17.8 Å². The number of carbonyl (C=O) groups excluding carboxylic acids is 3. The molecule has 0 bridgehead atoms. The minimum atomic E-state index is -0.921. The van der Waals surface area contributed by atoms with E-state index in [1.54, 1.807) is 25.3 Å². The third-order valence-corrected chi connectivity index (χ3v) is 6.00. The van der Waals surface area contributed by atoms with Gasteiger partial charge in [0, 0.05) is 16.7 Å². The Morgan fingerprint density at radius 3 is 2.53 bits per heavy atom. The lowest BCUT2D eigenvalue weighted by molar-refractivity contribution is -0.123. The van der Waals surface area contributed by atoms with Gasteiger partial charge < -0.3 is 9.47 Å². The summed E-state index contributed by atoms with van der Waals surface area (Å²) in [5.74, 6) is 0.258. The first-order valence-corrected chi connectivity index (χ1v) is 11.3. The molecule has 1 fully saturated rings. The molecule has 3 aromatic carbocycles. The van der Waals surface area contributed by atoms with E-state index in [2.05, 4.69) is 12.2 Å². The second-order valence-electron chi connectivity index (χ2n) is 8.44. The van der Waals surface area contributed by atoms with Gasteiger partial charge in [0.2, 0.25) is 6.10 Å². The maximum atomic E-state index is 13.2. The van der Waals surface area contributed by atoms with Crippen molar-refractivity contribution in [1.29, 1.82) is 0 Å². The lowest BCUT2D eigenvalue weighted by Gasteiger charge is -2.14. The summed E-state index contributed by atoms with van der Waals surface area (Å²) in [6.07, 6.45) is 0.792. The number of amides is 2. The Labute approximate surface area is 198 Å². The Hall–Kier alpha value is -3.93. The van der Waals surface area contributed by atoms with Gasteiger partial charge in [0.25, 0.3) is 5.91 Å². The maximum Gasteiger partial charge on any atom is 0.415 e. The second kappa shape index (κ2) is 9.91. The van der Waals surface area contributed by atoms with Crippen molar-refractivity contribution in [2.45, 2.75) is 39.2 Å². The van der Waals surface area contributed by atoms with E-state index in [-0.39, 0.29) is 5.78 Å². The Kier molecular flexibility index (Phi) is 6.77. The number of hydrogen-bond acceptors (Lipinski definition) is 5. The number of benzene rings is 3. The zero-order chi connectivity index (χ0) is 24.2. The molecule has 1 heterocycles. The number of alkyl carbamates (subject to hydrolysis) is 1. The number of nitrogens with one attached hydrogen (secondary N) is 1. The average molecular weight is 458 g/mol. The Morgan fingerprint density at radius 1 is 1.03 bits per heavy atom. The molecule has 0 spiro atoms. The van der Waals surface area contributed by atoms with Crippen LogP contribution in [0.2, 0.25) is 0 Å². The normalized spacial score (nSPS) is 15.1. The fourth-order valence-electron chi connectivity index (χ4n) is 4.28. The molecule has 3 aromatic rings. The highest BCUT2D eigenvalue weighted by atomic mass is 16.6. The SMILES string of the molecule is CCCc1cc(C(=O)c2ccc(OC)cc2C)ccc1Cc1cccc(C2OC(=O)NC2=O)c1. The van der Waals surface area contributed by atoms with Crippen LogP contribution < -0.4 is 10.1 Å². The number of hydrogen-bond donors (Lipinski definition) is 1. The summed E-state index contributed by atoms with van der Waals surface area (Å²) in [5, 5.41) is 2.16. The first-order valence-electron chi connectivity index (χ1n) is 11.3. The maximum absolute atomic E-state index is 13.2. The number of carbonyl (C=O) groups is 3. The van der Waals surface area contributed by atoms with Gasteiger partial charge in [-0.1, -0.05) is 49.7 Å². The summed E-state index contributed by atoms with van der Waals surface area (Å²) >= 11 is 0. The molecule has 0 saturated carbocycles.